The summed E-state index contributed by atoms with van der Waals surface area (Å²) in [7, 11) is 1.52. The van der Waals surface area contributed by atoms with Crippen molar-refractivity contribution in [1.29, 1.82) is 0 Å². The van der Waals surface area contributed by atoms with Gasteiger partial charge in [0.1, 0.15) is 6.61 Å². The lowest BCUT2D eigenvalue weighted by Crippen LogP contribution is -2.31. The van der Waals surface area contributed by atoms with Gasteiger partial charge in [-0.15, -0.1) is 0 Å². The summed E-state index contributed by atoms with van der Waals surface area (Å²) in [5.74, 6) is -0.0553. The minimum absolute atomic E-state index is 0.0553. The van der Waals surface area contributed by atoms with Gasteiger partial charge in [-0.3, -0.25) is 4.79 Å². The summed E-state index contributed by atoms with van der Waals surface area (Å²) in [5.41, 5.74) is 1.23. The van der Waals surface area contributed by atoms with Crippen LogP contribution in [0.2, 0.25) is 0 Å². The molecule has 0 spiro atoms. The van der Waals surface area contributed by atoms with E-state index in [2.05, 4.69) is 29.3 Å². The van der Waals surface area contributed by atoms with Gasteiger partial charge in [-0.25, -0.2) is 0 Å². The minimum atomic E-state index is -0.0553. The van der Waals surface area contributed by atoms with Crippen LogP contribution < -0.4 is 10.2 Å². The molecule has 4 heteroatoms. The summed E-state index contributed by atoms with van der Waals surface area (Å²) in [4.78, 5) is 13.5. The Morgan fingerprint density at radius 3 is 2.67 bits per heavy atom. The molecular weight excluding hydrogens is 228 g/mol. The zero-order valence-electron chi connectivity index (χ0n) is 11.2. The van der Waals surface area contributed by atoms with Crippen LogP contribution in [-0.2, 0) is 9.53 Å². The second kappa shape index (κ2) is 8.53. The van der Waals surface area contributed by atoms with Crippen LogP contribution in [0.25, 0.3) is 0 Å². The Balaban J connectivity index is 2.26. The molecule has 100 valence electrons. The number of para-hydroxylation sites is 1. The Morgan fingerprint density at radius 1 is 1.33 bits per heavy atom. The molecule has 4 nitrogen and oxygen atoms in total. The van der Waals surface area contributed by atoms with Gasteiger partial charge in [0.25, 0.3) is 0 Å². The molecule has 1 amide bonds. The monoisotopic (exact) mass is 250 g/mol. The van der Waals surface area contributed by atoms with Crippen molar-refractivity contribution >= 4 is 11.6 Å². The summed E-state index contributed by atoms with van der Waals surface area (Å²) < 4.78 is 4.75. The zero-order chi connectivity index (χ0) is 13.2. The van der Waals surface area contributed by atoms with Gasteiger partial charge in [0.05, 0.1) is 0 Å². The van der Waals surface area contributed by atoms with Crippen LogP contribution in [0, 0.1) is 0 Å². The zero-order valence-corrected chi connectivity index (χ0v) is 11.2. The van der Waals surface area contributed by atoms with E-state index < -0.39 is 0 Å². The third-order valence-electron chi connectivity index (χ3n) is 2.71. The van der Waals surface area contributed by atoms with Gasteiger partial charge in [0, 0.05) is 32.4 Å². The molecule has 1 rings (SSSR count). The number of hydrogen-bond acceptors (Lipinski definition) is 3. The van der Waals surface area contributed by atoms with Crippen LogP contribution in [0.5, 0.6) is 0 Å². The molecule has 1 N–H and O–H groups in total. The van der Waals surface area contributed by atoms with Crippen molar-refractivity contribution < 1.29 is 9.53 Å². The predicted octanol–water partition coefficient (Wildman–Crippen LogP) is 1.67. The predicted molar refractivity (Wildman–Crippen MR) is 73.8 cm³/mol. The molecule has 1 aromatic carbocycles. The first-order valence-electron chi connectivity index (χ1n) is 6.33. The second-order valence-corrected chi connectivity index (χ2v) is 4.05. The largest absolute Gasteiger partial charge is 0.375 e. The average Bonchev–Trinajstić information content (AvgIpc) is 2.40. The van der Waals surface area contributed by atoms with Crippen LogP contribution in [0.4, 0.5) is 5.69 Å². The van der Waals surface area contributed by atoms with Crippen molar-refractivity contribution in [3.63, 3.8) is 0 Å². The van der Waals surface area contributed by atoms with Crippen molar-refractivity contribution in [3.8, 4) is 0 Å². The number of carbonyl (C=O) groups is 1. The maximum Gasteiger partial charge on any atom is 0.245 e. The third kappa shape index (κ3) is 5.19. The minimum Gasteiger partial charge on any atom is -0.375 e. The highest BCUT2D eigenvalue weighted by molar-refractivity contribution is 5.77. The molecule has 18 heavy (non-hydrogen) atoms. The fraction of sp³-hybridized carbons (Fsp3) is 0.500. The molecule has 0 aliphatic carbocycles. The van der Waals surface area contributed by atoms with Crippen LogP contribution in [-0.4, -0.2) is 39.3 Å². The van der Waals surface area contributed by atoms with Crippen LogP contribution in [0.3, 0.4) is 0 Å². The summed E-state index contributed by atoms with van der Waals surface area (Å²) in [6.45, 7) is 4.86. The van der Waals surface area contributed by atoms with Gasteiger partial charge in [-0.1, -0.05) is 18.2 Å². The van der Waals surface area contributed by atoms with Gasteiger partial charge in [0.15, 0.2) is 0 Å². The highest BCUT2D eigenvalue weighted by atomic mass is 16.5. The van der Waals surface area contributed by atoms with Crippen molar-refractivity contribution in [2.45, 2.75) is 13.3 Å². The smallest absolute Gasteiger partial charge is 0.245 e. The lowest BCUT2D eigenvalue weighted by Gasteiger charge is -2.23. The normalized spacial score (nSPS) is 10.1. The fourth-order valence-corrected chi connectivity index (χ4v) is 1.79. The number of anilines is 1. The summed E-state index contributed by atoms with van der Waals surface area (Å²) in [5, 5.41) is 2.82. The van der Waals surface area contributed by atoms with Gasteiger partial charge in [-0.2, -0.15) is 0 Å². The van der Waals surface area contributed by atoms with Crippen molar-refractivity contribution in [2.75, 3.05) is 38.3 Å². The molecule has 0 fully saturated rings. The van der Waals surface area contributed by atoms with Gasteiger partial charge >= 0.3 is 0 Å². The van der Waals surface area contributed by atoms with E-state index in [1.807, 2.05) is 18.2 Å². The summed E-state index contributed by atoms with van der Waals surface area (Å²) in [6, 6.07) is 10.3. The Bertz CT molecular complexity index is 341. The Labute approximate surface area is 109 Å². The Kier molecular flexibility index (Phi) is 6.87. The first kappa shape index (κ1) is 14.5. The maximum atomic E-state index is 11.2. The van der Waals surface area contributed by atoms with E-state index in [9.17, 15) is 4.79 Å². The number of rotatable bonds is 8. The molecule has 0 aliphatic heterocycles. The van der Waals surface area contributed by atoms with Crippen LogP contribution in [0.1, 0.15) is 13.3 Å². The van der Waals surface area contributed by atoms with Gasteiger partial charge in [-0.05, 0) is 25.5 Å². The first-order valence-corrected chi connectivity index (χ1v) is 6.33. The second-order valence-electron chi connectivity index (χ2n) is 4.05. The van der Waals surface area contributed by atoms with E-state index in [0.717, 1.165) is 19.5 Å². The lowest BCUT2D eigenvalue weighted by molar-refractivity contribution is -0.124. The summed E-state index contributed by atoms with van der Waals surface area (Å²) in [6.07, 6.45) is 0.929. The molecule has 0 saturated heterocycles. The molecule has 1 aromatic rings. The van der Waals surface area contributed by atoms with E-state index >= 15 is 0 Å². The number of ether oxygens (including phenoxy) is 1. The molecule has 0 aliphatic rings. The van der Waals surface area contributed by atoms with E-state index in [0.29, 0.717) is 6.54 Å². The average molecular weight is 250 g/mol. The maximum absolute atomic E-state index is 11.2. The highest BCUT2D eigenvalue weighted by Crippen LogP contribution is 2.12. The van der Waals surface area contributed by atoms with Crippen LogP contribution >= 0.6 is 0 Å². The first-order chi connectivity index (χ1) is 8.77. The fourth-order valence-electron chi connectivity index (χ4n) is 1.79. The molecule has 0 saturated carbocycles. The number of nitrogens with one attached hydrogen (secondary N) is 1. The van der Waals surface area contributed by atoms with Crippen LogP contribution in [0.15, 0.2) is 30.3 Å². The van der Waals surface area contributed by atoms with E-state index in [-0.39, 0.29) is 12.5 Å². The number of benzene rings is 1. The third-order valence-corrected chi connectivity index (χ3v) is 2.71. The van der Waals surface area contributed by atoms with Crippen molar-refractivity contribution in [2.24, 2.45) is 0 Å². The number of hydrogen-bond donors (Lipinski definition) is 1. The molecule has 0 bridgehead atoms. The van der Waals surface area contributed by atoms with E-state index in [4.69, 9.17) is 4.74 Å². The van der Waals surface area contributed by atoms with Crippen molar-refractivity contribution in [3.05, 3.63) is 30.3 Å². The summed E-state index contributed by atoms with van der Waals surface area (Å²) >= 11 is 0. The molecule has 0 heterocycles. The Morgan fingerprint density at radius 2 is 2.06 bits per heavy atom. The highest BCUT2D eigenvalue weighted by Gasteiger charge is 2.03. The van der Waals surface area contributed by atoms with Gasteiger partial charge < -0.3 is 15.0 Å². The Hall–Kier alpha value is -1.55. The quantitative estimate of drug-likeness (QED) is 0.714. The number of amides is 1. The van der Waals surface area contributed by atoms with Gasteiger partial charge in [0.2, 0.25) is 5.91 Å². The number of nitrogens with zero attached hydrogens (tertiary/aromatic N) is 1. The number of carbonyl (C=O) groups excluding carboxylic acids is 1. The number of methoxy groups -OCH3 is 1. The molecule has 0 unspecified atom stereocenters. The topological polar surface area (TPSA) is 41.6 Å². The van der Waals surface area contributed by atoms with Crippen molar-refractivity contribution in [1.82, 2.24) is 5.32 Å². The SMILES string of the molecule is CCN(CCCNC(=O)COC)c1ccccc1. The lowest BCUT2D eigenvalue weighted by atomic mass is 10.2. The van der Waals surface area contributed by atoms with E-state index in [1.54, 1.807) is 0 Å². The molecular formula is C14H22N2O2. The molecule has 0 radical (unpaired) electrons. The molecule has 0 aromatic heterocycles. The van der Waals surface area contributed by atoms with E-state index in [1.165, 1.54) is 12.8 Å². The molecule has 0 atom stereocenters. The standard InChI is InChI=1S/C14H22N2O2/c1-3-16(13-8-5-4-6-9-13)11-7-10-15-14(17)12-18-2/h4-6,8-9H,3,7,10-12H2,1-2H3,(H,15,17).